The second-order valence-electron chi connectivity index (χ2n) is 5.58. The Hall–Kier alpha value is -2.04. The lowest BCUT2D eigenvalue weighted by atomic mass is 10.1. The predicted octanol–water partition coefficient (Wildman–Crippen LogP) is 1.38. The molecule has 0 radical (unpaired) electrons. The van der Waals surface area contributed by atoms with Gasteiger partial charge in [0.2, 0.25) is 0 Å². The topological polar surface area (TPSA) is 64.6 Å². The zero-order valence-corrected chi connectivity index (χ0v) is 11.9. The minimum Gasteiger partial charge on any atom is -0.482 e. The fraction of sp³-hybridized carbons (Fsp3) is 0.500. The van der Waals surface area contributed by atoms with Gasteiger partial charge in [-0.2, -0.15) is 0 Å². The summed E-state index contributed by atoms with van der Waals surface area (Å²) in [6.45, 7) is -0.404. The Kier molecular flexibility index (Phi) is 4.08. The van der Waals surface area contributed by atoms with E-state index in [1.54, 1.807) is 0 Å². The molecule has 3 rings (SSSR count). The van der Waals surface area contributed by atoms with Crippen molar-refractivity contribution in [1.29, 1.82) is 0 Å². The molecular formula is C16H19NO4. The predicted molar refractivity (Wildman–Crippen MR) is 76.1 cm³/mol. The van der Waals surface area contributed by atoms with Crippen molar-refractivity contribution in [3.05, 3.63) is 29.3 Å². The van der Waals surface area contributed by atoms with Gasteiger partial charge in [0.15, 0.2) is 13.2 Å². The summed E-state index contributed by atoms with van der Waals surface area (Å²) in [4.78, 5) is 22.9. The summed E-state index contributed by atoms with van der Waals surface area (Å²) in [7, 11) is 0. The molecule has 1 N–H and O–H groups in total. The number of aryl methyl sites for hydroxylation is 2. The maximum absolute atomic E-state index is 11.5. The average molecular weight is 289 g/mol. The van der Waals surface area contributed by atoms with E-state index in [1.807, 2.05) is 18.2 Å². The van der Waals surface area contributed by atoms with Gasteiger partial charge in [0, 0.05) is 6.04 Å². The summed E-state index contributed by atoms with van der Waals surface area (Å²) in [5.41, 5.74) is 2.66. The summed E-state index contributed by atoms with van der Waals surface area (Å²) >= 11 is 0. The number of amides is 1. The van der Waals surface area contributed by atoms with E-state index in [9.17, 15) is 9.59 Å². The summed E-state index contributed by atoms with van der Waals surface area (Å²) in [5.74, 6) is -0.0974. The molecule has 0 aromatic heterocycles. The number of hydrogen-bond acceptors (Lipinski definition) is 4. The van der Waals surface area contributed by atoms with Crippen LogP contribution in [0.1, 0.15) is 30.4 Å². The molecule has 1 aromatic rings. The standard InChI is InChI=1S/C16H19NO4/c18-15(17-13-5-6-13)9-21-16(19)10-20-14-7-4-11-2-1-3-12(11)8-14/h4,7-8,13H,1-3,5-6,9-10H2,(H,17,18). The van der Waals surface area contributed by atoms with Gasteiger partial charge in [-0.25, -0.2) is 4.79 Å². The first-order valence-corrected chi connectivity index (χ1v) is 7.40. The number of carbonyl (C=O) groups is 2. The van der Waals surface area contributed by atoms with Crippen LogP contribution in [0.3, 0.4) is 0 Å². The van der Waals surface area contributed by atoms with Crippen LogP contribution >= 0.6 is 0 Å². The number of nitrogens with one attached hydrogen (secondary N) is 1. The maximum atomic E-state index is 11.5. The highest BCUT2D eigenvalue weighted by molar-refractivity contribution is 5.81. The van der Waals surface area contributed by atoms with Crippen molar-refractivity contribution in [2.45, 2.75) is 38.1 Å². The molecule has 0 bridgehead atoms. The van der Waals surface area contributed by atoms with Crippen LogP contribution in [0.2, 0.25) is 0 Å². The highest BCUT2D eigenvalue weighted by Gasteiger charge is 2.23. The quantitative estimate of drug-likeness (QED) is 0.804. The number of rotatable bonds is 6. The van der Waals surface area contributed by atoms with E-state index in [1.165, 1.54) is 17.5 Å². The van der Waals surface area contributed by atoms with E-state index in [-0.39, 0.29) is 25.2 Å². The molecule has 2 aliphatic carbocycles. The van der Waals surface area contributed by atoms with Crippen LogP contribution in [-0.2, 0) is 27.2 Å². The van der Waals surface area contributed by atoms with Gasteiger partial charge in [0.1, 0.15) is 5.75 Å². The van der Waals surface area contributed by atoms with Gasteiger partial charge in [-0.3, -0.25) is 4.79 Å². The van der Waals surface area contributed by atoms with Gasteiger partial charge in [0.25, 0.3) is 5.91 Å². The van der Waals surface area contributed by atoms with Crippen LogP contribution < -0.4 is 10.1 Å². The second kappa shape index (κ2) is 6.16. The van der Waals surface area contributed by atoms with E-state index in [0.29, 0.717) is 5.75 Å². The molecule has 0 unspecified atom stereocenters. The summed E-state index contributed by atoms with van der Waals surface area (Å²) < 4.78 is 10.3. The Morgan fingerprint density at radius 3 is 2.76 bits per heavy atom. The van der Waals surface area contributed by atoms with Gasteiger partial charge in [0.05, 0.1) is 0 Å². The number of esters is 1. The third kappa shape index (κ3) is 3.97. The van der Waals surface area contributed by atoms with Crippen LogP contribution in [0.5, 0.6) is 5.75 Å². The van der Waals surface area contributed by atoms with Gasteiger partial charge < -0.3 is 14.8 Å². The molecule has 0 atom stereocenters. The van der Waals surface area contributed by atoms with Crippen molar-refractivity contribution < 1.29 is 19.1 Å². The summed E-state index contributed by atoms with van der Waals surface area (Å²) in [6.07, 6.45) is 5.39. The molecule has 1 saturated carbocycles. The summed E-state index contributed by atoms with van der Waals surface area (Å²) in [5, 5.41) is 2.75. The Balaban J connectivity index is 1.39. The van der Waals surface area contributed by atoms with Crippen molar-refractivity contribution in [3.8, 4) is 5.75 Å². The van der Waals surface area contributed by atoms with Crippen molar-refractivity contribution in [2.24, 2.45) is 0 Å². The fourth-order valence-corrected chi connectivity index (χ4v) is 2.46. The number of carbonyl (C=O) groups excluding carboxylic acids is 2. The van der Waals surface area contributed by atoms with Crippen molar-refractivity contribution in [1.82, 2.24) is 5.32 Å². The van der Waals surface area contributed by atoms with Crippen molar-refractivity contribution >= 4 is 11.9 Å². The molecule has 0 aliphatic heterocycles. The second-order valence-corrected chi connectivity index (χ2v) is 5.58. The Bertz CT molecular complexity index is 551. The highest BCUT2D eigenvalue weighted by atomic mass is 16.6. The fourth-order valence-electron chi connectivity index (χ4n) is 2.46. The SMILES string of the molecule is O=C(COC(=O)COc1ccc2c(c1)CCC2)NC1CC1. The van der Waals surface area contributed by atoms with Gasteiger partial charge in [-0.1, -0.05) is 6.07 Å². The van der Waals surface area contributed by atoms with Gasteiger partial charge in [-0.15, -0.1) is 0 Å². The Morgan fingerprint density at radius 2 is 1.95 bits per heavy atom. The highest BCUT2D eigenvalue weighted by Crippen LogP contribution is 2.25. The number of fused-ring (bicyclic) bond motifs is 1. The van der Waals surface area contributed by atoms with Gasteiger partial charge in [-0.05, 0) is 55.4 Å². The molecular weight excluding hydrogens is 270 g/mol. The third-order valence-corrected chi connectivity index (χ3v) is 3.73. The zero-order chi connectivity index (χ0) is 14.7. The normalized spacial score (nSPS) is 16.2. The van der Waals surface area contributed by atoms with Crippen LogP contribution in [0.25, 0.3) is 0 Å². The average Bonchev–Trinajstić information content (AvgIpc) is 3.16. The summed E-state index contributed by atoms with van der Waals surface area (Å²) in [6, 6.07) is 6.18. The van der Waals surface area contributed by atoms with Crippen LogP contribution in [0.15, 0.2) is 18.2 Å². The third-order valence-electron chi connectivity index (χ3n) is 3.73. The molecule has 1 amide bonds. The molecule has 0 heterocycles. The van der Waals surface area contributed by atoms with Gasteiger partial charge >= 0.3 is 5.97 Å². The molecule has 112 valence electrons. The maximum Gasteiger partial charge on any atom is 0.344 e. The van der Waals surface area contributed by atoms with Crippen LogP contribution in [-0.4, -0.2) is 31.1 Å². The monoisotopic (exact) mass is 289 g/mol. The minimum atomic E-state index is -0.526. The lowest BCUT2D eigenvalue weighted by Crippen LogP contribution is -2.31. The molecule has 2 aliphatic rings. The van der Waals surface area contributed by atoms with Crippen LogP contribution in [0, 0.1) is 0 Å². The van der Waals surface area contributed by atoms with E-state index in [2.05, 4.69) is 5.32 Å². The Morgan fingerprint density at radius 1 is 1.14 bits per heavy atom. The first-order chi connectivity index (χ1) is 10.2. The lowest BCUT2D eigenvalue weighted by molar-refractivity contribution is -0.150. The lowest BCUT2D eigenvalue weighted by Gasteiger charge is -2.08. The molecule has 1 fully saturated rings. The van der Waals surface area contributed by atoms with E-state index in [0.717, 1.165) is 25.7 Å². The molecule has 5 heteroatoms. The van der Waals surface area contributed by atoms with Crippen molar-refractivity contribution in [2.75, 3.05) is 13.2 Å². The smallest absolute Gasteiger partial charge is 0.344 e. The molecule has 0 saturated heterocycles. The molecule has 0 spiro atoms. The number of ether oxygens (including phenoxy) is 2. The zero-order valence-electron chi connectivity index (χ0n) is 11.9. The van der Waals surface area contributed by atoms with E-state index >= 15 is 0 Å². The number of hydrogen-bond donors (Lipinski definition) is 1. The largest absolute Gasteiger partial charge is 0.482 e. The van der Waals surface area contributed by atoms with Crippen molar-refractivity contribution in [3.63, 3.8) is 0 Å². The first-order valence-electron chi connectivity index (χ1n) is 7.40. The van der Waals surface area contributed by atoms with Crippen LogP contribution in [0.4, 0.5) is 0 Å². The van der Waals surface area contributed by atoms with E-state index in [4.69, 9.17) is 9.47 Å². The minimum absolute atomic E-state index is 0.171. The molecule has 21 heavy (non-hydrogen) atoms. The molecule has 1 aromatic carbocycles. The number of benzene rings is 1. The Labute approximate surface area is 123 Å². The first kappa shape index (κ1) is 13.9. The molecule has 5 nitrogen and oxygen atoms in total. The van der Waals surface area contributed by atoms with E-state index < -0.39 is 5.97 Å².